The van der Waals surface area contributed by atoms with Gasteiger partial charge in [0.25, 0.3) is 0 Å². The molecule has 1 unspecified atom stereocenters. The third-order valence-corrected chi connectivity index (χ3v) is 12.5. The molecule has 0 N–H and O–H groups in total. The number of rotatable bonds is 54. The second-order valence-corrected chi connectivity index (χ2v) is 19.8. The molecule has 432 valence electrons. The van der Waals surface area contributed by atoms with Crippen LogP contribution in [-0.2, 0) is 28.6 Å². The minimum absolute atomic E-state index is 0.106. The number of hydrogen-bond donors (Lipinski definition) is 0. The lowest BCUT2D eigenvalue weighted by molar-refractivity contribution is -0.167. The van der Waals surface area contributed by atoms with Gasteiger partial charge in [-0.3, -0.25) is 14.4 Å². The fraction of sp³-hybridized carbons (Fsp3) is 0.592. The van der Waals surface area contributed by atoms with Crippen molar-refractivity contribution in [2.45, 2.75) is 258 Å². The molecule has 6 nitrogen and oxygen atoms in total. The smallest absolute Gasteiger partial charge is 0.306 e. The van der Waals surface area contributed by atoms with Gasteiger partial charge in [-0.15, -0.1) is 0 Å². The van der Waals surface area contributed by atoms with Crippen LogP contribution < -0.4 is 0 Å². The lowest BCUT2D eigenvalue weighted by Crippen LogP contribution is -2.30. The zero-order valence-corrected chi connectivity index (χ0v) is 49.4. The van der Waals surface area contributed by atoms with Crippen LogP contribution in [0.25, 0.3) is 0 Å². The molecule has 0 saturated heterocycles. The van der Waals surface area contributed by atoms with E-state index in [1.165, 1.54) is 57.8 Å². The van der Waals surface area contributed by atoms with Gasteiger partial charge in [0.1, 0.15) is 13.2 Å². The molecule has 0 fully saturated rings. The standard InChI is InChI=1S/C71H112O6/c1-4-7-10-13-16-19-22-24-26-28-30-32-33-34-35-36-37-39-40-42-44-46-49-52-55-58-61-64-70(73)76-67-68(66-75-69(72)63-60-57-54-51-48-21-18-15-12-9-6-3)77-71(74)65-62-59-56-53-50-47-45-43-41-38-31-29-27-25-23-20-17-14-11-8-5-2/h7-8,10-11,15-20,24-27,30-32,34-35,37-39,42,44,49,52,68H,4-6,9,12-14,21-23,28-29,33,36,40-41,43,45-48,50-51,53-67H2,1-3H3/b10-7-,11-8-,18-15-,19-16-,20-17-,26-24-,27-25-,32-30-,35-34-,38-31-,39-37-,44-42-,52-49-. The van der Waals surface area contributed by atoms with E-state index in [4.69, 9.17) is 14.2 Å². The zero-order chi connectivity index (χ0) is 55.7. The largest absolute Gasteiger partial charge is 0.462 e. The predicted molar refractivity (Wildman–Crippen MR) is 334 cm³/mol. The summed E-state index contributed by atoms with van der Waals surface area (Å²) in [5, 5.41) is 0. The molecule has 6 heteroatoms. The van der Waals surface area contributed by atoms with E-state index >= 15 is 0 Å². The summed E-state index contributed by atoms with van der Waals surface area (Å²) < 4.78 is 16.8. The number of ether oxygens (including phenoxy) is 3. The Labute approximate surface area is 473 Å². The highest BCUT2D eigenvalue weighted by Crippen LogP contribution is 2.14. The van der Waals surface area contributed by atoms with E-state index in [0.717, 1.165) is 148 Å². The van der Waals surface area contributed by atoms with Gasteiger partial charge in [-0.25, -0.2) is 0 Å². The Balaban J connectivity index is 4.44. The Morgan fingerprint density at radius 2 is 0.506 bits per heavy atom. The number of allylic oxidation sites excluding steroid dienone is 26. The molecule has 0 saturated carbocycles. The topological polar surface area (TPSA) is 78.9 Å². The van der Waals surface area contributed by atoms with Crippen LogP contribution >= 0.6 is 0 Å². The summed E-state index contributed by atoms with van der Waals surface area (Å²) in [7, 11) is 0. The van der Waals surface area contributed by atoms with Crippen LogP contribution in [0, 0.1) is 0 Å². The molecule has 0 spiro atoms. The number of carbonyl (C=O) groups is 3. The van der Waals surface area contributed by atoms with Crippen LogP contribution in [0.5, 0.6) is 0 Å². The quantitative estimate of drug-likeness (QED) is 0.0261. The van der Waals surface area contributed by atoms with Crippen LogP contribution in [0.2, 0.25) is 0 Å². The van der Waals surface area contributed by atoms with Crippen molar-refractivity contribution in [3.05, 3.63) is 158 Å². The monoisotopic (exact) mass is 1060 g/mol. The van der Waals surface area contributed by atoms with E-state index < -0.39 is 6.10 Å². The molecule has 0 radical (unpaired) electrons. The first-order valence-electron chi connectivity index (χ1n) is 31.0. The van der Waals surface area contributed by atoms with Gasteiger partial charge in [0, 0.05) is 19.3 Å². The summed E-state index contributed by atoms with van der Waals surface area (Å²) in [6.07, 6.45) is 92.4. The molecule has 0 aromatic heterocycles. The van der Waals surface area contributed by atoms with E-state index in [-0.39, 0.29) is 31.1 Å². The number of esters is 3. The predicted octanol–water partition coefficient (Wildman–Crippen LogP) is 21.3. The summed E-state index contributed by atoms with van der Waals surface area (Å²) in [6, 6.07) is 0. The van der Waals surface area contributed by atoms with Gasteiger partial charge in [-0.2, -0.15) is 0 Å². The minimum atomic E-state index is -0.812. The molecule has 0 aliphatic rings. The molecular formula is C71H112O6. The van der Waals surface area contributed by atoms with Crippen molar-refractivity contribution in [1.29, 1.82) is 0 Å². The zero-order valence-electron chi connectivity index (χ0n) is 49.4. The number of hydrogen-bond acceptors (Lipinski definition) is 6. The Kier molecular flexibility index (Phi) is 59.5. The fourth-order valence-electron chi connectivity index (χ4n) is 7.90. The van der Waals surface area contributed by atoms with Gasteiger partial charge in [0.2, 0.25) is 0 Å². The normalized spacial score (nSPS) is 13.2. The fourth-order valence-corrected chi connectivity index (χ4v) is 7.90. The summed E-state index contributed by atoms with van der Waals surface area (Å²) >= 11 is 0. The number of unbranched alkanes of at least 4 members (excludes halogenated alkanes) is 17. The molecule has 0 rings (SSSR count). The maximum atomic E-state index is 12.9. The first-order valence-corrected chi connectivity index (χ1v) is 31.0. The lowest BCUT2D eigenvalue weighted by Gasteiger charge is -2.18. The Hall–Kier alpha value is -4.97. The molecule has 0 aliphatic heterocycles. The maximum absolute atomic E-state index is 12.9. The first kappa shape index (κ1) is 72.0. The molecular weight excluding hydrogens is 949 g/mol. The van der Waals surface area contributed by atoms with Gasteiger partial charge in [0.15, 0.2) is 6.10 Å². The second kappa shape index (κ2) is 63.6. The highest BCUT2D eigenvalue weighted by molar-refractivity contribution is 5.71. The molecule has 0 aromatic rings. The van der Waals surface area contributed by atoms with Crippen molar-refractivity contribution >= 4 is 17.9 Å². The van der Waals surface area contributed by atoms with Crippen molar-refractivity contribution in [2.24, 2.45) is 0 Å². The Bertz CT molecular complexity index is 1740. The van der Waals surface area contributed by atoms with E-state index in [2.05, 4.69) is 179 Å². The summed E-state index contributed by atoms with van der Waals surface area (Å²) in [4.78, 5) is 38.2. The molecule has 0 bridgehead atoms. The van der Waals surface area contributed by atoms with Crippen molar-refractivity contribution in [3.63, 3.8) is 0 Å². The van der Waals surface area contributed by atoms with Crippen LogP contribution in [0.1, 0.15) is 252 Å². The van der Waals surface area contributed by atoms with E-state index in [1.807, 2.05) is 0 Å². The number of carbonyl (C=O) groups excluding carboxylic acids is 3. The molecule has 0 amide bonds. The molecule has 77 heavy (non-hydrogen) atoms. The van der Waals surface area contributed by atoms with E-state index in [0.29, 0.717) is 25.7 Å². The third-order valence-electron chi connectivity index (χ3n) is 12.5. The molecule has 1 atom stereocenters. The average molecular weight is 1060 g/mol. The van der Waals surface area contributed by atoms with Crippen LogP contribution in [0.3, 0.4) is 0 Å². The van der Waals surface area contributed by atoms with Gasteiger partial charge >= 0.3 is 17.9 Å². The van der Waals surface area contributed by atoms with Crippen molar-refractivity contribution < 1.29 is 28.6 Å². The molecule has 0 aromatic carbocycles. The van der Waals surface area contributed by atoms with Crippen LogP contribution in [-0.4, -0.2) is 37.2 Å². The Morgan fingerprint density at radius 3 is 0.831 bits per heavy atom. The SMILES string of the molecule is CC/C=C\C/C=C\C/C=C\C/C=C\C/C=C\C/C=C\C/C=C\C/C=C\CCCCC(=O)OCC(COC(=O)CCCCCCC/C=C\CCCC)OC(=O)CCCCCCCCCC/C=C\C/C=C\C/C=C\C/C=C\CC. The maximum Gasteiger partial charge on any atom is 0.306 e. The van der Waals surface area contributed by atoms with Crippen molar-refractivity contribution in [1.82, 2.24) is 0 Å². The Morgan fingerprint density at radius 1 is 0.273 bits per heavy atom. The van der Waals surface area contributed by atoms with Gasteiger partial charge in [0.05, 0.1) is 0 Å². The van der Waals surface area contributed by atoms with Crippen LogP contribution in [0.15, 0.2) is 158 Å². The van der Waals surface area contributed by atoms with Crippen molar-refractivity contribution in [2.75, 3.05) is 13.2 Å². The van der Waals surface area contributed by atoms with Gasteiger partial charge < -0.3 is 14.2 Å². The van der Waals surface area contributed by atoms with E-state index in [9.17, 15) is 14.4 Å². The summed E-state index contributed by atoms with van der Waals surface area (Å²) in [6.45, 7) is 6.32. The third kappa shape index (κ3) is 61.8. The highest BCUT2D eigenvalue weighted by atomic mass is 16.6. The minimum Gasteiger partial charge on any atom is -0.462 e. The second-order valence-electron chi connectivity index (χ2n) is 19.8. The average Bonchev–Trinajstić information content (AvgIpc) is 3.43. The highest BCUT2D eigenvalue weighted by Gasteiger charge is 2.19. The van der Waals surface area contributed by atoms with Crippen molar-refractivity contribution in [3.8, 4) is 0 Å². The lowest BCUT2D eigenvalue weighted by atomic mass is 10.1. The van der Waals surface area contributed by atoms with Crippen LogP contribution in [0.4, 0.5) is 0 Å². The summed E-state index contributed by atoms with van der Waals surface area (Å²) in [5.41, 5.74) is 0. The molecule has 0 aliphatic carbocycles. The summed E-state index contributed by atoms with van der Waals surface area (Å²) in [5.74, 6) is -0.974. The van der Waals surface area contributed by atoms with Gasteiger partial charge in [-0.1, -0.05) is 249 Å². The van der Waals surface area contributed by atoms with Gasteiger partial charge in [-0.05, 0) is 141 Å². The first-order chi connectivity index (χ1) is 38.0. The molecule has 0 heterocycles. The van der Waals surface area contributed by atoms with E-state index in [1.54, 1.807) is 0 Å².